The van der Waals surface area contributed by atoms with E-state index in [0.29, 0.717) is 52.1 Å². The van der Waals surface area contributed by atoms with Crippen molar-refractivity contribution in [2.24, 2.45) is 11.8 Å². The van der Waals surface area contributed by atoms with E-state index in [1.165, 1.54) is 10.6 Å². The summed E-state index contributed by atoms with van der Waals surface area (Å²) in [6, 6.07) is 0. The van der Waals surface area contributed by atoms with Crippen LogP contribution in [-0.2, 0) is 19.6 Å². The Bertz CT molecular complexity index is 572. The highest BCUT2D eigenvalue weighted by atomic mass is 32.2. The van der Waals surface area contributed by atoms with E-state index in [1.807, 2.05) is 9.80 Å². The van der Waals surface area contributed by atoms with Crippen molar-refractivity contribution in [3.63, 3.8) is 0 Å². The topological polar surface area (TPSA) is 78.0 Å². The lowest BCUT2D eigenvalue weighted by molar-refractivity contribution is -0.143. The molecule has 1 saturated carbocycles. The van der Waals surface area contributed by atoms with E-state index in [9.17, 15) is 18.0 Å². The first kappa shape index (κ1) is 16.7. The number of sulfonamides is 1. The van der Waals surface area contributed by atoms with Crippen LogP contribution in [0.4, 0.5) is 0 Å². The van der Waals surface area contributed by atoms with Gasteiger partial charge in [-0.05, 0) is 25.7 Å². The summed E-state index contributed by atoms with van der Waals surface area (Å²) in [5, 5.41) is 0. The molecule has 3 fully saturated rings. The Kier molecular flexibility index (Phi) is 4.64. The number of hydrogen-bond donors (Lipinski definition) is 0. The van der Waals surface area contributed by atoms with Gasteiger partial charge in [0.1, 0.15) is 0 Å². The highest BCUT2D eigenvalue weighted by Crippen LogP contribution is 2.31. The maximum absolute atomic E-state index is 12.6. The van der Waals surface area contributed by atoms with Crippen LogP contribution in [0.2, 0.25) is 0 Å². The summed E-state index contributed by atoms with van der Waals surface area (Å²) in [6.07, 6.45) is 4.42. The molecule has 0 aromatic carbocycles. The molecule has 0 aromatic rings. The van der Waals surface area contributed by atoms with Crippen LogP contribution >= 0.6 is 0 Å². The third-order valence-electron chi connectivity index (χ3n) is 5.10. The van der Waals surface area contributed by atoms with Crippen molar-refractivity contribution in [2.45, 2.75) is 25.7 Å². The molecular weight excluding hydrogens is 318 g/mol. The second kappa shape index (κ2) is 6.39. The van der Waals surface area contributed by atoms with E-state index in [-0.39, 0.29) is 23.7 Å². The summed E-state index contributed by atoms with van der Waals surface area (Å²) in [4.78, 5) is 28.3. The molecule has 2 amide bonds. The van der Waals surface area contributed by atoms with Gasteiger partial charge in [-0.1, -0.05) is 0 Å². The van der Waals surface area contributed by atoms with Gasteiger partial charge in [0, 0.05) is 51.1 Å². The number of carbonyl (C=O) groups is 2. The minimum absolute atomic E-state index is 0.0846. The average Bonchev–Trinajstić information content (AvgIpc) is 3.38. The van der Waals surface area contributed by atoms with Crippen LogP contribution in [0.15, 0.2) is 0 Å². The van der Waals surface area contributed by atoms with E-state index < -0.39 is 10.0 Å². The van der Waals surface area contributed by atoms with E-state index in [4.69, 9.17) is 0 Å². The van der Waals surface area contributed by atoms with Crippen LogP contribution in [0, 0.1) is 11.8 Å². The number of rotatable bonds is 3. The van der Waals surface area contributed by atoms with Crippen LogP contribution in [0.1, 0.15) is 25.7 Å². The molecule has 2 saturated heterocycles. The van der Waals surface area contributed by atoms with Gasteiger partial charge < -0.3 is 9.80 Å². The van der Waals surface area contributed by atoms with Gasteiger partial charge in [0.2, 0.25) is 21.8 Å². The predicted octanol–water partition coefficient (Wildman–Crippen LogP) is -0.261. The average molecular weight is 343 g/mol. The third kappa shape index (κ3) is 3.85. The SMILES string of the molecule is CS(=O)(=O)N1CCC(C(=O)N2CCN(C(=O)C3CC3)CC2)CC1. The van der Waals surface area contributed by atoms with Gasteiger partial charge in [-0.2, -0.15) is 0 Å². The van der Waals surface area contributed by atoms with Gasteiger partial charge in [0.15, 0.2) is 0 Å². The maximum Gasteiger partial charge on any atom is 0.225 e. The molecule has 0 N–H and O–H groups in total. The minimum atomic E-state index is -3.15. The van der Waals surface area contributed by atoms with Crippen molar-refractivity contribution in [3.8, 4) is 0 Å². The number of hydrogen-bond acceptors (Lipinski definition) is 4. The highest BCUT2D eigenvalue weighted by Gasteiger charge is 2.37. The predicted molar refractivity (Wildman–Crippen MR) is 85.0 cm³/mol. The van der Waals surface area contributed by atoms with Crippen LogP contribution in [-0.4, -0.2) is 79.9 Å². The molecule has 1 aliphatic carbocycles. The Hall–Kier alpha value is -1.15. The molecule has 0 radical (unpaired) electrons. The highest BCUT2D eigenvalue weighted by molar-refractivity contribution is 7.88. The molecule has 0 aromatic heterocycles. The van der Waals surface area contributed by atoms with Crippen molar-refractivity contribution < 1.29 is 18.0 Å². The molecule has 3 aliphatic rings. The van der Waals surface area contributed by atoms with Gasteiger partial charge in [0.25, 0.3) is 0 Å². The molecule has 0 atom stereocenters. The van der Waals surface area contributed by atoms with Gasteiger partial charge in [-0.25, -0.2) is 12.7 Å². The van der Waals surface area contributed by atoms with Crippen molar-refractivity contribution in [2.75, 3.05) is 45.5 Å². The van der Waals surface area contributed by atoms with Crippen molar-refractivity contribution in [1.82, 2.24) is 14.1 Å². The monoisotopic (exact) mass is 343 g/mol. The maximum atomic E-state index is 12.6. The zero-order valence-electron chi connectivity index (χ0n) is 13.6. The molecule has 23 heavy (non-hydrogen) atoms. The number of piperazine rings is 1. The van der Waals surface area contributed by atoms with E-state index >= 15 is 0 Å². The van der Waals surface area contributed by atoms with Crippen molar-refractivity contribution in [3.05, 3.63) is 0 Å². The molecule has 3 rings (SSSR count). The molecule has 8 heteroatoms. The van der Waals surface area contributed by atoms with Crippen LogP contribution in [0.25, 0.3) is 0 Å². The molecule has 130 valence electrons. The van der Waals surface area contributed by atoms with Gasteiger partial charge >= 0.3 is 0 Å². The normalized spacial score (nSPS) is 24.7. The smallest absolute Gasteiger partial charge is 0.225 e. The first-order chi connectivity index (χ1) is 10.9. The summed E-state index contributed by atoms with van der Waals surface area (Å²) < 4.78 is 24.5. The number of carbonyl (C=O) groups excluding carboxylic acids is 2. The number of nitrogens with zero attached hydrogens (tertiary/aromatic N) is 3. The lowest BCUT2D eigenvalue weighted by Gasteiger charge is -2.38. The second-order valence-corrected chi connectivity index (χ2v) is 8.84. The molecule has 0 spiro atoms. The quantitative estimate of drug-likeness (QED) is 0.707. The molecular formula is C15H25N3O4S. The molecule has 0 unspecified atom stereocenters. The second-order valence-electron chi connectivity index (χ2n) is 6.86. The third-order valence-corrected chi connectivity index (χ3v) is 6.40. The minimum Gasteiger partial charge on any atom is -0.339 e. The summed E-state index contributed by atoms with van der Waals surface area (Å²) in [5.74, 6) is 0.520. The zero-order valence-corrected chi connectivity index (χ0v) is 14.4. The van der Waals surface area contributed by atoms with Crippen LogP contribution < -0.4 is 0 Å². The van der Waals surface area contributed by atoms with Gasteiger partial charge in [-0.3, -0.25) is 9.59 Å². The number of piperidine rings is 1. The summed E-state index contributed by atoms with van der Waals surface area (Å²) in [6.45, 7) is 3.31. The fourth-order valence-corrected chi connectivity index (χ4v) is 4.30. The van der Waals surface area contributed by atoms with Gasteiger partial charge in [0.05, 0.1) is 6.26 Å². The van der Waals surface area contributed by atoms with Crippen molar-refractivity contribution >= 4 is 21.8 Å². The largest absolute Gasteiger partial charge is 0.339 e. The fourth-order valence-electron chi connectivity index (χ4n) is 3.43. The summed E-state index contributed by atoms with van der Waals surface area (Å²) in [5.41, 5.74) is 0. The Morgan fingerprint density at radius 1 is 0.739 bits per heavy atom. The number of amides is 2. The molecule has 7 nitrogen and oxygen atoms in total. The van der Waals surface area contributed by atoms with Crippen molar-refractivity contribution in [1.29, 1.82) is 0 Å². The Morgan fingerprint density at radius 3 is 1.48 bits per heavy atom. The molecule has 0 bridgehead atoms. The first-order valence-corrected chi connectivity index (χ1v) is 10.2. The standard InChI is InChI=1S/C15H25N3O4S/c1-23(21,22)18-6-4-13(5-7-18)15(20)17-10-8-16(9-11-17)14(19)12-2-3-12/h12-13H,2-11H2,1H3. The Labute approximate surface area is 137 Å². The zero-order chi connectivity index (χ0) is 16.6. The van der Waals surface area contributed by atoms with Crippen LogP contribution in [0.5, 0.6) is 0 Å². The first-order valence-electron chi connectivity index (χ1n) is 8.39. The van der Waals surface area contributed by atoms with Gasteiger partial charge in [-0.15, -0.1) is 0 Å². The Balaban J connectivity index is 1.47. The molecule has 2 heterocycles. The van der Waals surface area contributed by atoms with E-state index in [0.717, 1.165) is 12.8 Å². The fraction of sp³-hybridized carbons (Fsp3) is 0.867. The van der Waals surface area contributed by atoms with E-state index in [1.54, 1.807) is 0 Å². The van der Waals surface area contributed by atoms with E-state index in [2.05, 4.69) is 0 Å². The summed E-state index contributed by atoms with van der Waals surface area (Å²) in [7, 11) is -3.15. The Morgan fingerprint density at radius 2 is 1.13 bits per heavy atom. The van der Waals surface area contributed by atoms with Crippen LogP contribution in [0.3, 0.4) is 0 Å². The summed E-state index contributed by atoms with van der Waals surface area (Å²) >= 11 is 0. The lowest BCUT2D eigenvalue weighted by Crippen LogP contribution is -2.53. The lowest BCUT2D eigenvalue weighted by atomic mass is 9.96. The molecule has 2 aliphatic heterocycles.